The summed E-state index contributed by atoms with van der Waals surface area (Å²) in [5, 5.41) is 9.86. The zero-order valence-electron chi connectivity index (χ0n) is 11.6. The molecule has 0 aliphatic heterocycles. The topological polar surface area (TPSA) is 72.8 Å². The number of ether oxygens (including phenoxy) is 2. The molecule has 0 fully saturated rings. The third-order valence-corrected chi connectivity index (χ3v) is 3.05. The summed E-state index contributed by atoms with van der Waals surface area (Å²) in [6, 6.07) is 11.3. The number of phenolic OH excluding ortho intramolecular Hbond substituents is 1. The van der Waals surface area contributed by atoms with E-state index in [0.29, 0.717) is 16.7 Å². The van der Waals surface area contributed by atoms with Gasteiger partial charge in [-0.25, -0.2) is 9.59 Å². The van der Waals surface area contributed by atoms with Crippen LogP contribution in [0.25, 0.3) is 11.1 Å². The van der Waals surface area contributed by atoms with Gasteiger partial charge in [0.05, 0.1) is 19.8 Å². The maximum atomic E-state index is 11.8. The molecule has 5 nitrogen and oxygen atoms in total. The van der Waals surface area contributed by atoms with Gasteiger partial charge in [-0.1, -0.05) is 24.3 Å². The van der Waals surface area contributed by atoms with Crippen LogP contribution in [0.3, 0.4) is 0 Å². The molecular formula is C16H14O5. The Morgan fingerprint density at radius 2 is 1.52 bits per heavy atom. The van der Waals surface area contributed by atoms with Gasteiger partial charge < -0.3 is 14.6 Å². The highest BCUT2D eigenvalue weighted by Gasteiger charge is 2.18. The number of rotatable bonds is 3. The molecule has 2 aromatic carbocycles. The summed E-state index contributed by atoms with van der Waals surface area (Å²) in [6.45, 7) is 0. The molecule has 0 unspecified atom stereocenters. The largest absolute Gasteiger partial charge is 0.507 e. The lowest BCUT2D eigenvalue weighted by atomic mass is 9.98. The molecule has 0 amide bonds. The van der Waals surface area contributed by atoms with Crippen LogP contribution in [0.1, 0.15) is 20.7 Å². The van der Waals surface area contributed by atoms with E-state index in [1.54, 1.807) is 36.4 Å². The second-order valence-electron chi connectivity index (χ2n) is 4.26. The van der Waals surface area contributed by atoms with Crippen molar-refractivity contribution in [1.82, 2.24) is 0 Å². The summed E-state index contributed by atoms with van der Waals surface area (Å²) < 4.78 is 9.31. The van der Waals surface area contributed by atoms with Crippen molar-refractivity contribution in [3.63, 3.8) is 0 Å². The molecule has 0 radical (unpaired) electrons. The van der Waals surface area contributed by atoms with E-state index in [2.05, 4.69) is 9.47 Å². The Bertz CT molecular complexity index is 674. The van der Waals surface area contributed by atoms with Crippen molar-refractivity contribution in [2.75, 3.05) is 14.2 Å². The fraction of sp³-hybridized carbons (Fsp3) is 0.125. The minimum absolute atomic E-state index is 0.0887. The van der Waals surface area contributed by atoms with E-state index in [1.165, 1.54) is 20.3 Å². The van der Waals surface area contributed by atoms with E-state index in [1.807, 2.05) is 0 Å². The first-order valence-electron chi connectivity index (χ1n) is 6.17. The highest BCUT2D eigenvalue weighted by molar-refractivity contribution is 6.00. The van der Waals surface area contributed by atoms with Crippen molar-refractivity contribution in [2.45, 2.75) is 0 Å². The lowest BCUT2D eigenvalue weighted by Crippen LogP contribution is -2.04. The third kappa shape index (κ3) is 2.86. The highest BCUT2D eigenvalue weighted by Crippen LogP contribution is 2.30. The molecule has 0 heterocycles. The van der Waals surface area contributed by atoms with Crippen molar-refractivity contribution >= 4 is 11.9 Å². The number of carbonyl (C=O) groups is 2. The van der Waals surface area contributed by atoms with E-state index in [9.17, 15) is 14.7 Å². The lowest BCUT2D eigenvalue weighted by Gasteiger charge is -2.10. The molecule has 0 saturated carbocycles. The van der Waals surface area contributed by atoms with Crippen LogP contribution in [0.15, 0.2) is 42.5 Å². The molecule has 108 valence electrons. The molecule has 0 spiro atoms. The maximum absolute atomic E-state index is 11.8. The maximum Gasteiger partial charge on any atom is 0.342 e. The molecule has 0 saturated heterocycles. The Kier molecular flexibility index (Phi) is 4.23. The van der Waals surface area contributed by atoms with E-state index in [4.69, 9.17) is 0 Å². The van der Waals surface area contributed by atoms with Crippen molar-refractivity contribution in [2.24, 2.45) is 0 Å². The number of aromatic hydroxyl groups is 1. The number of benzene rings is 2. The molecule has 0 aliphatic carbocycles. The second kappa shape index (κ2) is 6.09. The van der Waals surface area contributed by atoms with Gasteiger partial charge in [-0.05, 0) is 29.3 Å². The van der Waals surface area contributed by atoms with E-state index in [-0.39, 0.29) is 11.3 Å². The van der Waals surface area contributed by atoms with Gasteiger partial charge in [0, 0.05) is 0 Å². The van der Waals surface area contributed by atoms with Crippen LogP contribution in [0.2, 0.25) is 0 Å². The van der Waals surface area contributed by atoms with E-state index >= 15 is 0 Å². The highest BCUT2D eigenvalue weighted by atomic mass is 16.5. The van der Waals surface area contributed by atoms with Crippen LogP contribution < -0.4 is 0 Å². The van der Waals surface area contributed by atoms with Crippen LogP contribution >= 0.6 is 0 Å². The molecule has 0 aliphatic rings. The Hall–Kier alpha value is -2.82. The second-order valence-corrected chi connectivity index (χ2v) is 4.26. The molecule has 2 aromatic rings. The van der Waals surface area contributed by atoms with Gasteiger partial charge in [-0.2, -0.15) is 0 Å². The predicted octanol–water partition coefficient (Wildman–Crippen LogP) is 2.63. The van der Waals surface area contributed by atoms with Gasteiger partial charge in [0.1, 0.15) is 11.3 Å². The zero-order valence-corrected chi connectivity index (χ0v) is 11.6. The molecule has 1 N–H and O–H groups in total. The number of hydrogen-bond donors (Lipinski definition) is 1. The Balaban J connectivity index is 2.50. The lowest BCUT2D eigenvalue weighted by molar-refractivity contribution is 0.0590. The minimum Gasteiger partial charge on any atom is -0.507 e. The summed E-state index contributed by atoms with van der Waals surface area (Å²) in [4.78, 5) is 23.2. The molecule has 2 rings (SSSR count). The first kappa shape index (κ1) is 14.6. The number of phenols is 1. The third-order valence-electron chi connectivity index (χ3n) is 3.05. The number of esters is 2. The normalized spacial score (nSPS) is 10.0. The predicted molar refractivity (Wildman–Crippen MR) is 76.2 cm³/mol. The molecule has 5 heteroatoms. The Morgan fingerprint density at radius 3 is 2.10 bits per heavy atom. The minimum atomic E-state index is -0.625. The van der Waals surface area contributed by atoms with Crippen molar-refractivity contribution in [3.05, 3.63) is 53.6 Å². The van der Waals surface area contributed by atoms with Crippen LogP contribution in [0, 0.1) is 0 Å². The van der Waals surface area contributed by atoms with Crippen LogP contribution in [0.5, 0.6) is 5.75 Å². The Labute approximate surface area is 121 Å². The zero-order chi connectivity index (χ0) is 15.4. The smallest absolute Gasteiger partial charge is 0.342 e. The van der Waals surface area contributed by atoms with Crippen LogP contribution in [0.4, 0.5) is 0 Å². The molecule has 21 heavy (non-hydrogen) atoms. The molecule has 0 aromatic heterocycles. The molecular weight excluding hydrogens is 272 g/mol. The van der Waals surface area contributed by atoms with Crippen LogP contribution in [-0.4, -0.2) is 31.3 Å². The fourth-order valence-corrected chi connectivity index (χ4v) is 2.00. The summed E-state index contributed by atoms with van der Waals surface area (Å²) in [7, 11) is 2.56. The van der Waals surface area contributed by atoms with Crippen molar-refractivity contribution in [1.29, 1.82) is 0 Å². The number of methoxy groups -OCH3 is 2. The quantitative estimate of drug-likeness (QED) is 0.878. The van der Waals surface area contributed by atoms with E-state index < -0.39 is 11.9 Å². The van der Waals surface area contributed by atoms with Crippen LogP contribution in [-0.2, 0) is 9.47 Å². The number of carbonyl (C=O) groups excluding carboxylic acids is 2. The van der Waals surface area contributed by atoms with Crippen molar-refractivity contribution < 1.29 is 24.2 Å². The van der Waals surface area contributed by atoms with Gasteiger partial charge in [0.2, 0.25) is 0 Å². The SMILES string of the molecule is COC(=O)c1ccc(-c2cccc(O)c2C(=O)OC)cc1. The average molecular weight is 286 g/mol. The van der Waals surface area contributed by atoms with Gasteiger partial charge >= 0.3 is 11.9 Å². The van der Waals surface area contributed by atoms with Gasteiger partial charge in [0.25, 0.3) is 0 Å². The first-order chi connectivity index (χ1) is 10.1. The van der Waals surface area contributed by atoms with Gasteiger partial charge in [0.15, 0.2) is 0 Å². The van der Waals surface area contributed by atoms with Gasteiger partial charge in [-0.15, -0.1) is 0 Å². The molecule has 0 atom stereocenters. The van der Waals surface area contributed by atoms with Crippen molar-refractivity contribution in [3.8, 4) is 16.9 Å². The summed E-state index contributed by atoms with van der Waals surface area (Å²) >= 11 is 0. The Morgan fingerprint density at radius 1 is 0.905 bits per heavy atom. The average Bonchev–Trinajstić information content (AvgIpc) is 2.53. The van der Waals surface area contributed by atoms with Gasteiger partial charge in [-0.3, -0.25) is 0 Å². The first-order valence-corrected chi connectivity index (χ1v) is 6.17. The summed E-state index contributed by atoms with van der Waals surface area (Å²) in [5.41, 5.74) is 1.70. The molecule has 0 bridgehead atoms. The number of hydrogen-bond acceptors (Lipinski definition) is 5. The fourth-order valence-electron chi connectivity index (χ4n) is 2.00. The summed E-state index contributed by atoms with van der Waals surface area (Å²) in [5.74, 6) is -1.22. The summed E-state index contributed by atoms with van der Waals surface area (Å²) in [6.07, 6.45) is 0. The standard InChI is InChI=1S/C16H14O5/c1-20-15(18)11-8-6-10(7-9-11)12-4-3-5-13(17)14(12)16(19)21-2/h3-9,17H,1-2H3. The van der Waals surface area contributed by atoms with E-state index in [0.717, 1.165) is 0 Å². The monoisotopic (exact) mass is 286 g/mol.